The summed E-state index contributed by atoms with van der Waals surface area (Å²) in [4.78, 5) is 17.7. The van der Waals surface area contributed by atoms with Gasteiger partial charge in [0, 0.05) is 17.5 Å². The summed E-state index contributed by atoms with van der Waals surface area (Å²) >= 11 is 1.66. The summed E-state index contributed by atoms with van der Waals surface area (Å²) in [6.45, 7) is 8.47. The Kier molecular flexibility index (Phi) is 5.96. The van der Waals surface area contributed by atoms with Gasteiger partial charge in [-0.15, -0.1) is 17.9 Å². The molecule has 2 rings (SSSR count). The van der Waals surface area contributed by atoms with E-state index in [2.05, 4.69) is 18.4 Å². The number of aliphatic hydroxyl groups excluding tert-OH is 1. The topological polar surface area (TPSA) is 43.8 Å². The minimum atomic E-state index is 0.107. The van der Waals surface area contributed by atoms with Gasteiger partial charge in [0.15, 0.2) is 0 Å². The van der Waals surface area contributed by atoms with Crippen molar-refractivity contribution in [3.63, 3.8) is 0 Å². The minimum absolute atomic E-state index is 0.107. The van der Waals surface area contributed by atoms with E-state index in [-0.39, 0.29) is 18.6 Å². The molecule has 5 heteroatoms. The molecule has 1 amide bonds. The average Bonchev–Trinajstić information content (AvgIpc) is 3.08. The minimum Gasteiger partial charge on any atom is -0.395 e. The number of carbonyl (C=O) groups excluding carboxylic acids is 1. The van der Waals surface area contributed by atoms with Gasteiger partial charge >= 0.3 is 0 Å². The van der Waals surface area contributed by atoms with Crippen molar-refractivity contribution in [1.82, 2.24) is 9.80 Å². The van der Waals surface area contributed by atoms with Crippen molar-refractivity contribution in [2.75, 3.05) is 26.2 Å². The maximum Gasteiger partial charge on any atom is 0.237 e. The second-order valence-electron chi connectivity index (χ2n) is 5.63. The van der Waals surface area contributed by atoms with Crippen molar-refractivity contribution in [1.29, 1.82) is 0 Å². The van der Waals surface area contributed by atoms with Crippen molar-refractivity contribution >= 4 is 17.2 Å². The van der Waals surface area contributed by atoms with Crippen molar-refractivity contribution < 1.29 is 9.90 Å². The fourth-order valence-electron chi connectivity index (χ4n) is 2.85. The first kappa shape index (κ1) is 16.2. The number of likely N-dealkylation sites (tertiary alicyclic amines) is 1. The maximum atomic E-state index is 12.5. The summed E-state index contributed by atoms with van der Waals surface area (Å²) in [5, 5.41) is 11.5. The van der Waals surface area contributed by atoms with E-state index in [1.807, 2.05) is 22.4 Å². The third-order valence-electron chi connectivity index (χ3n) is 4.15. The summed E-state index contributed by atoms with van der Waals surface area (Å²) < 4.78 is 0. The maximum absolute atomic E-state index is 12.5. The lowest BCUT2D eigenvalue weighted by atomic mass is 10.0. The summed E-state index contributed by atoms with van der Waals surface area (Å²) in [6, 6.07) is 4.16. The second kappa shape index (κ2) is 7.73. The number of hydrogen-bond acceptors (Lipinski definition) is 4. The van der Waals surface area contributed by atoms with Gasteiger partial charge in [-0.3, -0.25) is 9.69 Å². The van der Waals surface area contributed by atoms with Crippen LogP contribution in [0.2, 0.25) is 0 Å². The molecule has 0 spiro atoms. The number of amides is 1. The Morgan fingerprint density at radius 1 is 1.67 bits per heavy atom. The Balaban J connectivity index is 1.96. The van der Waals surface area contributed by atoms with Gasteiger partial charge in [-0.05, 0) is 30.3 Å². The van der Waals surface area contributed by atoms with Crippen molar-refractivity contribution in [3.05, 3.63) is 35.0 Å². The van der Waals surface area contributed by atoms with E-state index in [0.29, 0.717) is 25.6 Å². The van der Waals surface area contributed by atoms with Crippen molar-refractivity contribution in [2.24, 2.45) is 5.92 Å². The molecule has 2 atom stereocenters. The largest absolute Gasteiger partial charge is 0.395 e. The molecule has 1 fully saturated rings. The smallest absolute Gasteiger partial charge is 0.237 e. The molecule has 1 aromatic rings. The van der Waals surface area contributed by atoms with E-state index in [9.17, 15) is 9.90 Å². The number of nitrogens with zero attached hydrogens (tertiary/aromatic N) is 2. The molecular formula is C16H24N2O2S. The van der Waals surface area contributed by atoms with Gasteiger partial charge in [0.25, 0.3) is 0 Å². The zero-order chi connectivity index (χ0) is 15.2. The molecular weight excluding hydrogens is 284 g/mol. The van der Waals surface area contributed by atoms with Crippen LogP contribution >= 0.6 is 11.3 Å². The van der Waals surface area contributed by atoms with E-state index in [4.69, 9.17) is 0 Å². The van der Waals surface area contributed by atoms with Gasteiger partial charge < -0.3 is 10.0 Å². The lowest BCUT2D eigenvalue weighted by Crippen LogP contribution is -2.44. The van der Waals surface area contributed by atoms with Gasteiger partial charge in [-0.1, -0.05) is 19.1 Å². The lowest BCUT2D eigenvalue weighted by Gasteiger charge is -2.28. The molecule has 1 saturated heterocycles. The Morgan fingerprint density at radius 3 is 3.10 bits per heavy atom. The summed E-state index contributed by atoms with van der Waals surface area (Å²) in [5.41, 5.74) is 0. The Labute approximate surface area is 130 Å². The normalized spacial score (nSPS) is 22.4. The van der Waals surface area contributed by atoms with Gasteiger partial charge in [-0.25, -0.2) is 0 Å². The van der Waals surface area contributed by atoms with E-state index < -0.39 is 0 Å². The van der Waals surface area contributed by atoms with Crippen LogP contribution in [0.4, 0.5) is 0 Å². The predicted molar refractivity (Wildman–Crippen MR) is 86.2 cm³/mol. The molecule has 0 saturated carbocycles. The fourth-order valence-corrected chi connectivity index (χ4v) is 3.57. The van der Waals surface area contributed by atoms with Gasteiger partial charge in [0.1, 0.15) is 0 Å². The van der Waals surface area contributed by atoms with E-state index in [1.165, 1.54) is 4.88 Å². The van der Waals surface area contributed by atoms with Crippen LogP contribution in [0.5, 0.6) is 0 Å². The molecule has 1 aliphatic heterocycles. The molecule has 2 heterocycles. The first-order valence-electron chi connectivity index (χ1n) is 7.41. The van der Waals surface area contributed by atoms with E-state index in [1.54, 1.807) is 17.4 Å². The van der Waals surface area contributed by atoms with Crippen LogP contribution in [0.15, 0.2) is 30.2 Å². The molecule has 1 aromatic heterocycles. The number of aliphatic hydroxyl groups is 1. The third kappa shape index (κ3) is 4.15. The number of rotatable bonds is 7. The monoisotopic (exact) mass is 308 g/mol. The Morgan fingerprint density at radius 2 is 2.48 bits per heavy atom. The lowest BCUT2D eigenvalue weighted by molar-refractivity contribution is -0.132. The summed E-state index contributed by atoms with van der Waals surface area (Å²) in [6.07, 6.45) is 2.81. The van der Waals surface area contributed by atoms with Crippen LogP contribution in [0.3, 0.4) is 0 Å². The quantitative estimate of drug-likeness (QED) is 0.783. The highest BCUT2D eigenvalue weighted by molar-refractivity contribution is 7.09. The first-order valence-corrected chi connectivity index (χ1v) is 8.29. The molecule has 1 N–H and O–H groups in total. The fraction of sp³-hybridized carbons (Fsp3) is 0.562. The van der Waals surface area contributed by atoms with Gasteiger partial charge in [0.2, 0.25) is 5.91 Å². The van der Waals surface area contributed by atoms with Crippen LogP contribution in [-0.4, -0.2) is 53.1 Å². The zero-order valence-electron chi connectivity index (χ0n) is 12.6. The molecule has 0 radical (unpaired) electrons. The van der Waals surface area contributed by atoms with Crippen LogP contribution in [0.1, 0.15) is 18.2 Å². The van der Waals surface area contributed by atoms with E-state index in [0.717, 1.165) is 13.0 Å². The van der Waals surface area contributed by atoms with Crippen LogP contribution in [-0.2, 0) is 11.3 Å². The highest BCUT2D eigenvalue weighted by Gasteiger charge is 2.32. The summed E-state index contributed by atoms with van der Waals surface area (Å²) in [5.74, 6) is 0.559. The average molecular weight is 308 g/mol. The van der Waals surface area contributed by atoms with Crippen LogP contribution in [0.25, 0.3) is 0 Å². The molecule has 0 bridgehead atoms. The molecule has 0 aliphatic carbocycles. The number of thiophene rings is 1. The zero-order valence-corrected chi connectivity index (χ0v) is 13.4. The molecule has 1 aliphatic rings. The first-order chi connectivity index (χ1) is 10.2. The van der Waals surface area contributed by atoms with Crippen molar-refractivity contribution in [2.45, 2.75) is 25.9 Å². The Hall–Kier alpha value is -1.17. The van der Waals surface area contributed by atoms with Crippen LogP contribution < -0.4 is 0 Å². The third-order valence-corrected chi connectivity index (χ3v) is 5.01. The summed E-state index contributed by atoms with van der Waals surface area (Å²) in [7, 11) is 0. The van der Waals surface area contributed by atoms with E-state index >= 15 is 0 Å². The molecule has 21 heavy (non-hydrogen) atoms. The van der Waals surface area contributed by atoms with Gasteiger partial charge in [0.05, 0.1) is 19.7 Å². The highest BCUT2D eigenvalue weighted by atomic mass is 32.1. The Bertz CT molecular complexity index is 461. The SMILES string of the molecule is C=CCN(Cc1cccs1)C(=O)CN1CCC(C)C1CO. The highest BCUT2D eigenvalue weighted by Crippen LogP contribution is 2.23. The molecule has 4 nitrogen and oxygen atoms in total. The molecule has 2 unspecified atom stereocenters. The van der Waals surface area contributed by atoms with Crippen molar-refractivity contribution in [3.8, 4) is 0 Å². The second-order valence-corrected chi connectivity index (χ2v) is 6.66. The molecule has 116 valence electrons. The van der Waals surface area contributed by atoms with Gasteiger partial charge in [-0.2, -0.15) is 0 Å². The predicted octanol–water partition coefficient (Wildman–Crippen LogP) is 1.97. The number of carbonyl (C=O) groups is 1. The molecule has 0 aromatic carbocycles. The van der Waals surface area contributed by atoms with Crippen LogP contribution in [0, 0.1) is 5.92 Å². The standard InChI is InChI=1S/C16H24N2O2S/c1-3-7-18(10-14-5-4-9-21-14)16(20)11-17-8-6-13(2)15(17)12-19/h3-5,9,13,15,19H,1,6-8,10-12H2,2H3. The number of hydrogen-bond donors (Lipinski definition) is 1.